The first-order chi connectivity index (χ1) is 6.44. The highest BCUT2D eigenvalue weighted by Crippen LogP contribution is 2.28. The SMILES string of the molecule is Cc1ccc(C(N)CC(C)(C)CN)o1. The van der Waals surface area contributed by atoms with Gasteiger partial charge in [0.05, 0.1) is 6.04 Å². The lowest BCUT2D eigenvalue weighted by Crippen LogP contribution is -2.28. The molecule has 1 unspecified atom stereocenters. The van der Waals surface area contributed by atoms with E-state index in [0.29, 0.717) is 6.54 Å². The number of rotatable bonds is 4. The van der Waals surface area contributed by atoms with Crippen LogP contribution in [-0.4, -0.2) is 6.54 Å². The van der Waals surface area contributed by atoms with E-state index < -0.39 is 0 Å². The minimum absolute atomic E-state index is 0.0535. The molecule has 1 aromatic heterocycles. The second-order valence-corrected chi connectivity index (χ2v) is 4.63. The van der Waals surface area contributed by atoms with Crippen molar-refractivity contribution < 1.29 is 4.42 Å². The highest BCUT2D eigenvalue weighted by Gasteiger charge is 2.22. The fraction of sp³-hybridized carbons (Fsp3) is 0.636. The van der Waals surface area contributed by atoms with Crippen LogP contribution in [0.25, 0.3) is 0 Å². The second kappa shape index (κ2) is 4.15. The molecule has 0 aromatic carbocycles. The maximum absolute atomic E-state index is 6.02. The lowest BCUT2D eigenvalue weighted by molar-refractivity contribution is 0.295. The zero-order chi connectivity index (χ0) is 10.8. The molecule has 3 heteroatoms. The van der Waals surface area contributed by atoms with Gasteiger partial charge in [-0.05, 0) is 37.4 Å². The summed E-state index contributed by atoms with van der Waals surface area (Å²) in [6, 6.07) is 3.82. The van der Waals surface area contributed by atoms with E-state index in [1.165, 1.54) is 0 Å². The first kappa shape index (κ1) is 11.3. The van der Waals surface area contributed by atoms with Crippen molar-refractivity contribution in [2.45, 2.75) is 33.2 Å². The molecule has 0 aliphatic heterocycles. The maximum Gasteiger partial charge on any atom is 0.120 e. The van der Waals surface area contributed by atoms with Crippen LogP contribution in [0, 0.1) is 12.3 Å². The highest BCUT2D eigenvalue weighted by atomic mass is 16.3. The molecule has 14 heavy (non-hydrogen) atoms. The molecule has 1 aromatic rings. The Hall–Kier alpha value is -0.800. The smallest absolute Gasteiger partial charge is 0.120 e. The fourth-order valence-electron chi connectivity index (χ4n) is 1.43. The second-order valence-electron chi connectivity index (χ2n) is 4.63. The van der Waals surface area contributed by atoms with Gasteiger partial charge in [-0.25, -0.2) is 0 Å². The van der Waals surface area contributed by atoms with Gasteiger partial charge in [-0.2, -0.15) is 0 Å². The monoisotopic (exact) mass is 196 g/mol. The number of hydrogen-bond acceptors (Lipinski definition) is 3. The number of hydrogen-bond donors (Lipinski definition) is 2. The van der Waals surface area contributed by atoms with E-state index in [1.807, 2.05) is 19.1 Å². The zero-order valence-corrected chi connectivity index (χ0v) is 9.21. The van der Waals surface area contributed by atoms with Crippen molar-refractivity contribution in [3.05, 3.63) is 23.7 Å². The predicted octanol–water partition coefficient (Wildman–Crippen LogP) is 1.96. The van der Waals surface area contributed by atoms with Gasteiger partial charge in [0.15, 0.2) is 0 Å². The fourth-order valence-corrected chi connectivity index (χ4v) is 1.43. The van der Waals surface area contributed by atoms with E-state index in [1.54, 1.807) is 0 Å². The van der Waals surface area contributed by atoms with Crippen LogP contribution < -0.4 is 11.5 Å². The summed E-state index contributed by atoms with van der Waals surface area (Å²) < 4.78 is 5.47. The molecule has 0 saturated heterocycles. The van der Waals surface area contributed by atoms with E-state index in [2.05, 4.69) is 13.8 Å². The molecule has 0 spiro atoms. The molecule has 0 fully saturated rings. The molecule has 1 atom stereocenters. The van der Waals surface area contributed by atoms with E-state index in [-0.39, 0.29) is 11.5 Å². The molecule has 0 aliphatic carbocycles. The lowest BCUT2D eigenvalue weighted by atomic mass is 9.85. The molecule has 0 amide bonds. The van der Waals surface area contributed by atoms with Crippen molar-refractivity contribution >= 4 is 0 Å². The minimum atomic E-state index is -0.0535. The summed E-state index contributed by atoms with van der Waals surface area (Å²) in [7, 11) is 0. The normalized spacial score (nSPS) is 14.4. The van der Waals surface area contributed by atoms with Crippen molar-refractivity contribution in [2.24, 2.45) is 16.9 Å². The van der Waals surface area contributed by atoms with Crippen molar-refractivity contribution in [1.82, 2.24) is 0 Å². The lowest BCUT2D eigenvalue weighted by Gasteiger charge is -2.25. The summed E-state index contributed by atoms with van der Waals surface area (Å²) in [6.07, 6.45) is 0.844. The molecule has 0 aliphatic rings. The van der Waals surface area contributed by atoms with Crippen LogP contribution in [-0.2, 0) is 0 Å². The van der Waals surface area contributed by atoms with Crippen molar-refractivity contribution in [2.75, 3.05) is 6.54 Å². The summed E-state index contributed by atoms with van der Waals surface area (Å²) in [6.45, 7) is 6.79. The average molecular weight is 196 g/mol. The van der Waals surface area contributed by atoms with Gasteiger partial charge in [0.1, 0.15) is 11.5 Å². The van der Waals surface area contributed by atoms with Crippen molar-refractivity contribution in [3.8, 4) is 0 Å². The van der Waals surface area contributed by atoms with Crippen molar-refractivity contribution in [3.63, 3.8) is 0 Å². The molecule has 0 saturated carbocycles. The van der Waals surface area contributed by atoms with Gasteiger partial charge in [-0.1, -0.05) is 13.8 Å². The topological polar surface area (TPSA) is 65.2 Å². The van der Waals surface area contributed by atoms with E-state index in [4.69, 9.17) is 15.9 Å². The number of furan rings is 1. The standard InChI is InChI=1S/C11H20N2O/c1-8-4-5-10(14-8)9(13)6-11(2,3)7-12/h4-5,9H,6-7,12-13H2,1-3H3. The van der Waals surface area contributed by atoms with Gasteiger partial charge in [-0.3, -0.25) is 0 Å². The largest absolute Gasteiger partial charge is 0.465 e. The third-order valence-electron chi connectivity index (χ3n) is 2.45. The third kappa shape index (κ3) is 2.86. The maximum atomic E-state index is 6.02. The Bertz CT molecular complexity index is 291. The zero-order valence-electron chi connectivity index (χ0n) is 9.21. The third-order valence-corrected chi connectivity index (χ3v) is 2.45. The van der Waals surface area contributed by atoms with E-state index in [9.17, 15) is 0 Å². The Morgan fingerprint density at radius 3 is 2.50 bits per heavy atom. The quantitative estimate of drug-likeness (QED) is 0.773. The Balaban J connectivity index is 2.63. The van der Waals surface area contributed by atoms with Gasteiger partial charge in [0.25, 0.3) is 0 Å². The van der Waals surface area contributed by atoms with Crippen LogP contribution in [0.3, 0.4) is 0 Å². The molecule has 80 valence electrons. The molecule has 0 bridgehead atoms. The molecule has 0 radical (unpaired) electrons. The van der Waals surface area contributed by atoms with Crippen molar-refractivity contribution in [1.29, 1.82) is 0 Å². The van der Waals surface area contributed by atoms with Crippen LogP contribution >= 0.6 is 0 Å². The Morgan fingerprint density at radius 2 is 2.07 bits per heavy atom. The summed E-state index contributed by atoms with van der Waals surface area (Å²) in [5.41, 5.74) is 11.7. The number of aryl methyl sites for hydroxylation is 1. The summed E-state index contributed by atoms with van der Waals surface area (Å²) in [5.74, 6) is 1.75. The van der Waals surface area contributed by atoms with Crippen LogP contribution in [0.1, 0.15) is 37.8 Å². The Kier molecular flexibility index (Phi) is 3.34. The molecule has 1 rings (SSSR count). The van der Waals surface area contributed by atoms with E-state index >= 15 is 0 Å². The van der Waals surface area contributed by atoms with Gasteiger partial charge >= 0.3 is 0 Å². The van der Waals surface area contributed by atoms with Gasteiger partial charge in [-0.15, -0.1) is 0 Å². The minimum Gasteiger partial charge on any atom is -0.465 e. The van der Waals surface area contributed by atoms with Crippen LogP contribution in [0.15, 0.2) is 16.5 Å². The summed E-state index contributed by atoms with van der Waals surface area (Å²) in [5, 5.41) is 0. The molecule has 1 heterocycles. The number of nitrogens with two attached hydrogens (primary N) is 2. The van der Waals surface area contributed by atoms with E-state index in [0.717, 1.165) is 17.9 Å². The van der Waals surface area contributed by atoms with Gasteiger partial charge in [0.2, 0.25) is 0 Å². The van der Waals surface area contributed by atoms with Gasteiger partial charge < -0.3 is 15.9 Å². The van der Waals surface area contributed by atoms with Gasteiger partial charge in [0, 0.05) is 0 Å². The molecular weight excluding hydrogens is 176 g/mol. The first-order valence-corrected chi connectivity index (χ1v) is 4.96. The Labute approximate surface area is 85.5 Å². The summed E-state index contributed by atoms with van der Waals surface area (Å²) in [4.78, 5) is 0. The average Bonchev–Trinajstić information content (AvgIpc) is 2.51. The molecule has 4 N–H and O–H groups in total. The van der Waals surface area contributed by atoms with Crippen LogP contribution in [0.5, 0.6) is 0 Å². The first-order valence-electron chi connectivity index (χ1n) is 4.96. The molecule has 3 nitrogen and oxygen atoms in total. The predicted molar refractivity (Wildman–Crippen MR) is 57.8 cm³/mol. The van der Waals surface area contributed by atoms with Crippen LogP contribution in [0.2, 0.25) is 0 Å². The highest BCUT2D eigenvalue weighted by molar-refractivity contribution is 5.09. The Morgan fingerprint density at radius 1 is 1.43 bits per heavy atom. The summed E-state index contributed by atoms with van der Waals surface area (Å²) >= 11 is 0. The van der Waals surface area contributed by atoms with Crippen LogP contribution in [0.4, 0.5) is 0 Å². The molecular formula is C11H20N2O.